The highest BCUT2D eigenvalue weighted by atomic mass is 32.1. The molecule has 0 aromatic carbocycles. The molecule has 76 valence electrons. The van der Waals surface area contributed by atoms with Crippen molar-refractivity contribution >= 4 is 23.2 Å². The number of carbonyl (C=O) groups is 1. The minimum absolute atomic E-state index is 0.259. The van der Waals surface area contributed by atoms with Crippen LogP contribution in [0, 0.1) is 5.92 Å². The van der Waals surface area contributed by atoms with E-state index in [-0.39, 0.29) is 17.9 Å². The number of carbonyl (C=O) groups excluding carboxylic acids is 1. The maximum absolute atomic E-state index is 11.2. The summed E-state index contributed by atoms with van der Waals surface area (Å²) < 4.78 is 4.62. The maximum atomic E-state index is 11.2. The summed E-state index contributed by atoms with van der Waals surface area (Å²) in [4.78, 5) is 13.7. The van der Waals surface area contributed by atoms with Gasteiger partial charge in [-0.2, -0.15) is 0 Å². The molecule has 13 heavy (non-hydrogen) atoms. The Morgan fingerprint density at radius 2 is 1.85 bits per heavy atom. The molecule has 0 aromatic heterocycles. The highest BCUT2D eigenvalue weighted by Gasteiger charge is 2.21. The topological polar surface area (TPSA) is 29.5 Å². The Balaban J connectivity index is 4.33. The van der Waals surface area contributed by atoms with E-state index < -0.39 is 0 Å². The van der Waals surface area contributed by atoms with Crippen molar-refractivity contribution in [1.29, 1.82) is 0 Å². The zero-order valence-corrected chi connectivity index (χ0v) is 9.64. The Hall–Kier alpha value is -0.640. The van der Waals surface area contributed by atoms with Crippen LogP contribution in [-0.2, 0) is 9.53 Å². The van der Waals surface area contributed by atoms with Crippen LogP contribution in [0.15, 0.2) is 0 Å². The van der Waals surface area contributed by atoms with Crippen molar-refractivity contribution in [3.63, 3.8) is 0 Å². The summed E-state index contributed by atoms with van der Waals surface area (Å²) >= 11 is 5.16. The molecule has 1 unspecified atom stereocenters. The van der Waals surface area contributed by atoms with Crippen LogP contribution in [0.3, 0.4) is 0 Å². The number of hydrogen-bond donors (Lipinski definition) is 0. The van der Waals surface area contributed by atoms with Crippen molar-refractivity contribution in [3.8, 4) is 0 Å². The van der Waals surface area contributed by atoms with Crippen molar-refractivity contribution in [1.82, 2.24) is 4.90 Å². The number of likely N-dealkylation sites (N-methyl/N-ethyl adjacent to an activating group) is 1. The summed E-state index contributed by atoms with van der Waals surface area (Å²) in [6, 6.07) is -0.306. The molecule has 1 atom stereocenters. The van der Waals surface area contributed by atoms with Crippen molar-refractivity contribution in [2.75, 3.05) is 14.2 Å². The molecule has 0 amide bonds. The first-order valence-electron chi connectivity index (χ1n) is 4.26. The van der Waals surface area contributed by atoms with Gasteiger partial charge in [-0.3, -0.25) is 0 Å². The van der Waals surface area contributed by atoms with E-state index in [1.54, 1.807) is 11.8 Å². The van der Waals surface area contributed by atoms with E-state index in [1.165, 1.54) is 7.11 Å². The molecule has 0 N–H and O–H groups in total. The molecule has 0 spiro atoms. The van der Waals surface area contributed by atoms with Gasteiger partial charge in [0.15, 0.2) is 0 Å². The number of ether oxygens (including phenoxy) is 1. The zero-order valence-electron chi connectivity index (χ0n) is 8.83. The van der Waals surface area contributed by atoms with Gasteiger partial charge in [0.05, 0.1) is 12.1 Å². The first-order chi connectivity index (χ1) is 5.91. The Labute approximate surface area is 85.1 Å². The Morgan fingerprint density at radius 1 is 1.38 bits per heavy atom. The van der Waals surface area contributed by atoms with Gasteiger partial charge in [0.2, 0.25) is 0 Å². The summed E-state index contributed by atoms with van der Waals surface area (Å²) in [6.07, 6.45) is 0. The van der Waals surface area contributed by atoms with Crippen molar-refractivity contribution < 1.29 is 9.53 Å². The minimum Gasteiger partial charge on any atom is -0.467 e. The van der Waals surface area contributed by atoms with Crippen LogP contribution in [0.25, 0.3) is 0 Å². The molecule has 0 aromatic rings. The lowest BCUT2D eigenvalue weighted by atomic mass is 10.2. The molecule has 0 aliphatic rings. The zero-order chi connectivity index (χ0) is 10.6. The van der Waals surface area contributed by atoms with Gasteiger partial charge in [0.25, 0.3) is 0 Å². The van der Waals surface area contributed by atoms with E-state index in [2.05, 4.69) is 4.74 Å². The van der Waals surface area contributed by atoms with Gasteiger partial charge < -0.3 is 9.64 Å². The molecule has 0 fully saturated rings. The van der Waals surface area contributed by atoms with E-state index in [4.69, 9.17) is 12.2 Å². The van der Waals surface area contributed by atoms with Crippen molar-refractivity contribution in [2.24, 2.45) is 5.92 Å². The summed E-state index contributed by atoms with van der Waals surface area (Å²) in [5, 5.41) is 0. The van der Waals surface area contributed by atoms with Crippen LogP contribution < -0.4 is 0 Å². The molecular weight excluding hydrogens is 186 g/mol. The van der Waals surface area contributed by atoms with Gasteiger partial charge in [-0.05, 0) is 6.92 Å². The first-order valence-corrected chi connectivity index (χ1v) is 4.67. The molecule has 0 saturated carbocycles. The molecular formula is C9H17NO2S. The van der Waals surface area contributed by atoms with Crippen LogP contribution in [0.2, 0.25) is 0 Å². The second-order valence-corrected chi connectivity index (χ2v) is 3.72. The lowest BCUT2D eigenvalue weighted by Crippen LogP contribution is -2.41. The number of methoxy groups -OCH3 is 1. The molecule has 4 heteroatoms. The molecule has 0 bridgehead atoms. The van der Waals surface area contributed by atoms with Crippen LogP contribution in [-0.4, -0.2) is 36.1 Å². The quantitative estimate of drug-likeness (QED) is 0.513. The summed E-state index contributed by atoms with van der Waals surface area (Å²) in [6.45, 7) is 5.78. The first kappa shape index (κ1) is 12.4. The van der Waals surface area contributed by atoms with Crippen LogP contribution in [0.1, 0.15) is 20.8 Å². The number of rotatable bonds is 3. The van der Waals surface area contributed by atoms with Gasteiger partial charge >= 0.3 is 5.97 Å². The van der Waals surface area contributed by atoms with Gasteiger partial charge in [0, 0.05) is 13.0 Å². The van der Waals surface area contributed by atoms with E-state index in [0.717, 1.165) is 4.99 Å². The van der Waals surface area contributed by atoms with Gasteiger partial charge in [-0.25, -0.2) is 4.79 Å². The largest absolute Gasteiger partial charge is 0.467 e. The van der Waals surface area contributed by atoms with E-state index in [0.29, 0.717) is 0 Å². The second kappa shape index (κ2) is 5.17. The fraction of sp³-hybridized carbons (Fsp3) is 0.778. The third kappa shape index (κ3) is 3.30. The SMILES string of the molecule is COC(=O)C(C)N(C)C(=S)C(C)C. The minimum atomic E-state index is -0.306. The summed E-state index contributed by atoms with van der Waals surface area (Å²) in [5.74, 6) is 0.0117. The van der Waals surface area contributed by atoms with E-state index in [1.807, 2.05) is 20.9 Å². The van der Waals surface area contributed by atoms with E-state index >= 15 is 0 Å². The highest BCUT2D eigenvalue weighted by molar-refractivity contribution is 7.80. The normalized spacial score (nSPS) is 12.5. The molecule has 0 radical (unpaired) electrons. The maximum Gasteiger partial charge on any atom is 0.328 e. The number of esters is 1. The highest BCUT2D eigenvalue weighted by Crippen LogP contribution is 2.06. The number of thiocarbonyl (C=S) groups is 1. The molecule has 0 aliphatic heterocycles. The molecule has 0 aliphatic carbocycles. The average molecular weight is 203 g/mol. The van der Waals surface area contributed by atoms with Crippen LogP contribution in [0.5, 0.6) is 0 Å². The Morgan fingerprint density at radius 3 is 2.15 bits per heavy atom. The molecule has 0 heterocycles. The van der Waals surface area contributed by atoms with Crippen molar-refractivity contribution in [3.05, 3.63) is 0 Å². The predicted octanol–water partition coefficient (Wildman–Crippen LogP) is 1.46. The monoisotopic (exact) mass is 203 g/mol. The molecule has 0 rings (SSSR count). The smallest absolute Gasteiger partial charge is 0.328 e. The standard InChI is InChI=1S/C9H17NO2S/c1-6(2)8(13)10(4)7(3)9(11)12-5/h6-7H,1-5H3. The fourth-order valence-electron chi connectivity index (χ4n) is 0.927. The number of nitrogens with zero attached hydrogens (tertiary/aromatic N) is 1. The lowest BCUT2D eigenvalue weighted by molar-refractivity contribution is -0.144. The third-order valence-corrected chi connectivity index (χ3v) is 2.72. The van der Waals surface area contributed by atoms with Gasteiger partial charge in [-0.1, -0.05) is 26.1 Å². The van der Waals surface area contributed by atoms with Crippen LogP contribution >= 0.6 is 12.2 Å². The average Bonchev–Trinajstić information content (AvgIpc) is 2.12. The summed E-state index contributed by atoms with van der Waals surface area (Å²) in [5.41, 5.74) is 0. The van der Waals surface area contributed by atoms with Crippen molar-refractivity contribution in [2.45, 2.75) is 26.8 Å². The second-order valence-electron chi connectivity index (χ2n) is 3.30. The fourth-order valence-corrected chi connectivity index (χ4v) is 1.08. The molecule has 0 saturated heterocycles. The predicted molar refractivity (Wildman–Crippen MR) is 56.7 cm³/mol. The Bertz CT molecular complexity index is 204. The summed E-state index contributed by atoms with van der Waals surface area (Å²) in [7, 11) is 3.19. The van der Waals surface area contributed by atoms with Gasteiger partial charge in [-0.15, -0.1) is 0 Å². The molecule has 3 nitrogen and oxygen atoms in total. The van der Waals surface area contributed by atoms with E-state index in [9.17, 15) is 4.79 Å². The van der Waals surface area contributed by atoms with Crippen LogP contribution in [0.4, 0.5) is 0 Å². The third-order valence-electron chi connectivity index (χ3n) is 1.96. The lowest BCUT2D eigenvalue weighted by Gasteiger charge is -2.27. The Kier molecular flexibility index (Phi) is 4.91. The number of hydrogen-bond acceptors (Lipinski definition) is 3. The van der Waals surface area contributed by atoms with Gasteiger partial charge in [0.1, 0.15) is 6.04 Å².